The number of amides is 1. The van der Waals surface area contributed by atoms with Gasteiger partial charge < -0.3 is 14.8 Å². The lowest BCUT2D eigenvalue weighted by Gasteiger charge is -2.23. The third-order valence-electron chi connectivity index (χ3n) is 4.32. The third-order valence-corrected chi connectivity index (χ3v) is 4.32. The zero-order valence-corrected chi connectivity index (χ0v) is 15.4. The second kappa shape index (κ2) is 9.33. The van der Waals surface area contributed by atoms with Crippen LogP contribution in [0.25, 0.3) is 0 Å². The summed E-state index contributed by atoms with van der Waals surface area (Å²) in [6.07, 6.45) is 0.257. The number of anilines is 1. The highest BCUT2D eigenvalue weighted by atomic mass is 16.5. The Balaban J connectivity index is 1.76. The number of carbonyl (C=O) groups excluding carboxylic acids is 1. The van der Waals surface area contributed by atoms with Gasteiger partial charge in [-0.1, -0.05) is 24.3 Å². The van der Waals surface area contributed by atoms with Gasteiger partial charge in [0.15, 0.2) is 0 Å². The van der Waals surface area contributed by atoms with E-state index in [9.17, 15) is 4.79 Å². The Kier molecular flexibility index (Phi) is 6.61. The molecule has 3 rings (SSSR count). The van der Waals surface area contributed by atoms with Gasteiger partial charge in [0, 0.05) is 0 Å². The van der Waals surface area contributed by atoms with Crippen LogP contribution in [0.2, 0.25) is 0 Å². The van der Waals surface area contributed by atoms with E-state index >= 15 is 0 Å². The van der Waals surface area contributed by atoms with Crippen molar-refractivity contribution in [1.82, 2.24) is 21.9 Å². The van der Waals surface area contributed by atoms with Gasteiger partial charge in [-0.3, -0.25) is 4.79 Å². The summed E-state index contributed by atoms with van der Waals surface area (Å²) >= 11 is 0. The van der Waals surface area contributed by atoms with Crippen molar-refractivity contribution in [3.63, 3.8) is 0 Å². The molecule has 2 aromatic carbocycles. The smallest absolute Gasteiger partial charge is 0.230 e. The monoisotopic (exact) mass is 371 g/mol. The number of methoxy groups -OCH3 is 1. The lowest BCUT2D eigenvalue weighted by molar-refractivity contribution is -0.120. The first kappa shape index (κ1) is 19.1. The average Bonchev–Trinajstić information content (AvgIpc) is 3.22. The van der Waals surface area contributed by atoms with E-state index in [1.807, 2.05) is 55.5 Å². The Labute approximate surface area is 158 Å². The Morgan fingerprint density at radius 2 is 1.81 bits per heavy atom. The predicted octanol–water partition coefficient (Wildman–Crippen LogP) is 1.33. The molecule has 8 heteroatoms. The van der Waals surface area contributed by atoms with Crippen LogP contribution < -0.4 is 36.7 Å². The molecule has 1 saturated heterocycles. The van der Waals surface area contributed by atoms with Crippen LogP contribution in [0.15, 0.2) is 48.5 Å². The minimum absolute atomic E-state index is 0.117. The van der Waals surface area contributed by atoms with Crippen molar-refractivity contribution in [2.75, 3.05) is 19.0 Å². The summed E-state index contributed by atoms with van der Waals surface area (Å²) in [5.74, 6) is 0.940. The second-order valence-corrected chi connectivity index (χ2v) is 6.09. The summed E-state index contributed by atoms with van der Waals surface area (Å²) in [5, 5.41) is 2.99. The molecule has 0 saturated carbocycles. The van der Waals surface area contributed by atoms with Crippen molar-refractivity contribution < 1.29 is 14.3 Å². The first-order valence-electron chi connectivity index (χ1n) is 8.88. The van der Waals surface area contributed by atoms with E-state index in [1.165, 1.54) is 0 Å². The van der Waals surface area contributed by atoms with Crippen LogP contribution in [-0.4, -0.2) is 25.8 Å². The molecular formula is C19H25N5O3. The molecule has 2 aromatic rings. The number of carbonyl (C=O) groups is 1. The maximum atomic E-state index is 13.1. The van der Waals surface area contributed by atoms with Crippen molar-refractivity contribution in [2.45, 2.75) is 19.5 Å². The highest BCUT2D eigenvalue weighted by molar-refractivity contribution is 5.94. The van der Waals surface area contributed by atoms with Gasteiger partial charge in [0.2, 0.25) is 5.91 Å². The van der Waals surface area contributed by atoms with Crippen molar-refractivity contribution in [2.24, 2.45) is 5.92 Å². The van der Waals surface area contributed by atoms with Crippen LogP contribution >= 0.6 is 0 Å². The van der Waals surface area contributed by atoms with Gasteiger partial charge in [0.1, 0.15) is 11.5 Å². The normalized spacial score (nSPS) is 15.3. The number of rotatable bonds is 8. The van der Waals surface area contributed by atoms with Crippen LogP contribution in [0.1, 0.15) is 12.5 Å². The molecule has 1 unspecified atom stereocenters. The number of benzene rings is 2. The van der Waals surface area contributed by atoms with E-state index in [2.05, 4.69) is 27.2 Å². The summed E-state index contributed by atoms with van der Waals surface area (Å²) in [4.78, 5) is 13.1. The second-order valence-electron chi connectivity index (χ2n) is 6.09. The number of hydrogen-bond donors (Lipinski definition) is 5. The summed E-state index contributed by atoms with van der Waals surface area (Å²) in [7, 11) is 1.63. The van der Waals surface area contributed by atoms with Crippen LogP contribution in [0.5, 0.6) is 11.5 Å². The Bertz CT molecular complexity index is 747. The summed E-state index contributed by atoms with van der Waals surface area (Å²) in [5.41, 5.74) is 13.3. The Morgan fingerprint density at radius 3 is 2.48 bits per heavy atom. The number of ether oxygens (including phenoxy) is 2. The number of hydrazine groups is 3. The van der Waals surface area contributed by atoms with Crippen molar-refractivity contribution in [3.05, 3.63) is 54.1 Å². The van der Waals surface area contributed by atoms with E-state index in [4.69, 9.17) is 9.47 Å². The first-order chi connectivity index (χ1) is 13.2. The molecule has 0 bridgehead atoms. The van der Waals surface area contributed by atoms with Crippen molar-refractivity contribution >= 4 is 11.6 Å². The highest BCUT2D eigenvalue weighted by Gasteiger charge is 2.31. The van der Waals surface area contributed by atoms with E-state index in [1.54, 1.807) is 7.11 Å². The number of hydrogen-bond acceptors (Lipinski definition) is 7. The fourth-order valence-electron chi connectivity index (χ4n) is 2.92. The molecule has 1 amide bonds. The van der Waals surface area contributed by atoms with E-state index in [0.717, 1.165) is 11.3 Å². The largest absolute Gasteiger partial charge is 0.497 e. The van der Waals surface area contributed by atoms with Crippen LogP contribution in [0, 0.1) is 5.92 Å². The minimum atomic E-state index is -0.379. The molecule has 1 aliphatic rings. The molecule has 0 radical (unpaired) electrons. The lowest BCUT2D eigenvalue weighted by Crippen LogP contribution is -2.47. The molecular weight excluding hydrogens is 346 g/mol. The maximum Gasteiger partial charge on any atom is 0.230 e. The van der Waals surface area contributed by atoms with E-state index in [0.29, 0.717) is 24.5 Å². The molecule has 8 nitrogen and oxygen atoms in total. The molecule has 0 aliphatic carbocycles. The fourth-order valence-corrected chi connectivity index (χ4v) is 2.92. The van der Waals surface area contributed by atoms with E-state index in [-0.39, 0.29) is 18.0 Å². The molecule has 1 aliphatic heterocycles. The Morgan fingerprint density at radius 1 is 1.11 bits per heavy atom. The van der Waals surface area contributed by atoms with Crippen LogP contribution in [-0.2, 0) is 11.2 Å². The van der Waals surface area contributed by atoms with E-state index < -0.39 is 0 Å². The van der Waals surface area contributed by atoms with Crippen molar-refractivity contribution in [3.8, 4) is 11.5 Å². The predicted molar refractivity (Wildman–Crippen MR) is 103 cm³/mol. The number of para-hydroxylation sites is 2. The molecule has 1 fully saturated rings. The molecule has 0 spiro atoms. The minimum Gasteiger partial charge on any atom is -0.497 e. The van der Waals surface area contributed by atoms with Gasteiger partial charge in [0.25, 0.3) is 0 Å². The quantitative estimate of drug-likeness (QED) is 0.478. The van der Waals surface area contributed by atoms with Crippen molar-refractivity contribution in [1.29, 1.82) is 0 Å². The zero-order chi connectivity index (χ0) is 19.1. The lowest BCUT2D eigenvalue weighted by atomic mass is 9.95. The Hall–Kier alpha value is -2.65. The SMILES string of the molecule is CCOc1ccccc1NC(=O)C(Cc1ccc(OC)cc1)C1NNNN1. The van der Waals surface area contributed by atoms with Gasteiger partial charge in [-0.25, -0.2) is 10.9 Å². The average molecular weight is 371 g/mol. The maximum absolute atomic E-state index is 13.1. The molecule has 0 aromatic heterocycles. The molecule has 27 heavy (non-hydrogen) atoms. The topological polar surface area (TPSA) is 95.7 Å². The number of nitrogens with one attached hydrogen (secondary N) is 5. The summed E-state index contributed by atoms with van der Waals surface area (Å²) in [6.45, 7) is 2.44. The van der Waals surface area contributed by atoms with Gasteiger partial charge in [-0.15, -0.1) is 0 Å². The summed E-state index contributed by atoms with van der Waals surface area (Å²) < 4.78 is 10.8. The fraction of sp³-hybridized carbons (Fsp3) is 0.316. The molecule has 1 atom stereocenters. The van der Waals surface area contributed by atoms with Crippen LogP contribution in [0.3, 0.4) is 0 Å². The standard InChI is InChI=1S/C19H25N5O3/c1-3-27-17-7-5-4-6-16(17)20-19(25)15(18-21-23-24-22-18)12-13-8-10-14(26-2)11-9-13/h4-11,15,18,21-24H,3,12H2,1-2H3,(H,20,25). The zero-order valence-electron chi connectivity index (χ0n) is 15.4. The molecule has 5 N–H and O–H groups in total. The van der Waals surface area contributed by atoms with Gasteiger partial charge in [-0.05, 0) is 43.2 Å². The highest BCUT2D eigenvalue weighted by Crippen LogP contribution is 2.25. The molecule has 144 valence electrons. The molecule has 1 heterocycles. The van der Waals surface area contributed by atoms with Gasteiger partial charge in [0.05, 0.1) is 31.5 Å². The van der Waals surface area contributed by atoms with Crippen LogP contribution in [0.4, 0.5) is 5.69 Å². The first-order valence-corrected chi connectivity index (χ1v) is 8.88. The third kappa shape index (κ3) is 4.95. The van der Waals surface area contributed by atoms with Gasteiger partial charge in [-0.2, -0.15) is 11.1 Å². The van der Waals surface area contributed by atoms with Gasteiger partial charge >= 0.3 is 0 Å². The summed E-state index contributed by atoms with van der Waals surface area (Å²) in [6, 6.07) is 15.1.